The molecule has 4 heteroatoms. The van der Waals surface area contributed by atoms with E-state index in [0.717, 1.165) is 73.2 Å². The average Bonchev–Trinajstić information content (AvgIpc) is 4.04. The maximum absolute atomic E-state index is 7.20. The first kappa shape index (κ1) is 37.5. The fourth-order valence-electron chi connectivity index (χ4n) is 11.1. The normalized spacial score (nSPS) is 14.4. The predicted molar refractivity (Wildman–Crippen MR) is 273 cm³/mol. The fraction of sp³-hybridized carbons (Fsp3) is 0.0159. The van der Waals surface area contributed by atoms with Gasteiger partial charge in [0.15, 0.2) is 11.5 Å². The molecule has 1 aliphatic heterocycles. The third-order valence-electron chi connectivity index (χ3n) is 14.1. The van der Waals surface area contributed by atoms with E-state index < -0.39 is 5.41 Å². The number of para-hydroxylation sites is 4. The van der Waals surface area contributed by atoms with Gasteiger partial charge in [-0.2, -0.15) is 0 Å². The molecule has 0 bridgehead atoms. The minimum Gasteiger partial charge on any atom is -0.455 e. The molecule has 14 rings (SSSR count). The van der Waals surface area contributed by atoms with Gasteiger partial charge >= 0.3 is 0 Å². The van der Waals surface area contributed by atoms with E-state index in [0.29, 0.717) is 0 Å². The number of aromatic nitrogens is 1. The van der Waals surface area contributed by atoms with Crippen molar-refractivity contribution in [3.8, 4) is 50.6 Å². The van der Waals surface area contributed by atoms with E-state index in [1.807, 2.05) is 6.07 Å². The van der Waals surface area contributed by atoms with Gasteiger partial charge in [-0.15, -0.1) is 0 Å². The van der Waals surface area contributed by atoms with Crippen LogP contribution in [0.4, 0.5) is 17.1 Å². The quantitative estimate of drug-likeness (QED) is 0.167. The molecule has 0 saturated heterocycles. The summed E-state index contributed by atoms with van der Waals surface area (Å²) in [5, 5.41) is 3.41. The molecule has 67 heavy (non-hydrogen) atoms. The lowest BCUT2D eigenvalue weighted by Gasteiger charge is -2.37. The molecule has 1 atom stereocenters. The zero-order chi connectivity index (χ0) is 44.1. The van der Waals surface area contributed by atoms with Crippen molar-refractivity contribution in [1.29, 1.82) is 0 Å². The van der Waals surface area contributed by atoms with Gasteiger partial charge in [-0.3, -0.25) is 0 Å². The van der Waals surface area contributed by atoms with E-state index in [2.05, 4.69) is 246 Å². The summed E-state index contributed by atoms with van der Waals surface area (Å²) in [6, 6.07) is 87.3. The van der Waals surface area contributed by atoms with Crippen molar-refractivity contribution >= 4 is 49.8 Å². The molecule has 4 nitrogen and oxygen atoms in total. The lowest BCUT2D eigenvalue weighted by Crippen LogP contribution is -2.31. The highest BCUT2D eigenvalue weighted by atomic mass is 16.5. The maximum Gasteiger partial charge on any atom is 0.178 e. The molecule has 314 valence electrons. The first-order valence-corrected chi connectivity index (χ1v) is 22.9. The summed E-state index contributed by atoms with van der Waals surface area (Å²) in [5.74, 6) is 2.36. The van der Waals surface area contributed by atoms with Crippen LogP contribution in [0.15, 0.2) is 247 Å². The van der Waals surface area contributed by atoms with Gasteiger partial charge in [-0.05, 0) is 123 Å². The Kier molecular flexibility index (Phi) is 8.16. The third kappa shape index (κ3) is 5.54. The van der Waals surface area contributed by atoms with Gasteiger partial charge in [0, 0.05) is 39.1 Å². The first-order valence-electron chi connectivity index (χ1n) is 22.9. The van der Waals surface area contributed by atoms with Crippen LogP contribution in [0.1, 0.15) is 22.5 Å². The Morgan fingerprint density at radius 3 is 1.51 bits per heavy atom. The summed E-state index contributed by atoms with van der Waals surface area (Å²) in [5.41, 5.74) is 16.9. The highest BCUT2D eigenvalue weighted by Crippen LogP contribution is 2.64. The molecule has 0 amide bonds. The largest absolute Gasteiger partial charge is 0.455 e. The molecule has 1 spiro atoms. The van der Waals surface area contributed by atoms with Crippen LogP contribution in [-0.4, -0.2) is 4.57 Å². The van der Waals surface area contributed by atoms with Crippen molar-refractivity contribution in [2.24, 2.45) is 0 Å². The van der Waals surface area contributed by atoms with Gasteiger partial charge in [0.25, 0.3) is 0 Å². The van der Waals surface area contributed by atoms with Gasteiger partial charge in [-0.25, -0.2) is 0 Å². The predicted octanol–water partition coefficient (Wildman–Crippen LogP) is 16.8. The number of fused-ring (bicyclic) bond motifs is 14. The van der Waals surface area contributed by atoms with E-state index in [4.69, 9.17) is 9.15 Å². The van der Waals surface area contributed by atoms with Crippen molar-refractivity contribution in [2.45, 2.75) is 5.41 Å². The zero-order valence-corrected chi connectivity index (χ0v) is 36.3. The van der Waals surface area contributed by atoms with Crippen molar-refractivity contribution < 1.29 is 9.15 Å². The summed E-state index contributed by atoms with van der Waals surface area (Å²) in [6.45, 7) is 0. The second kappa shape index (κ2) is 14.6. The molecule has 0 saturated carbocycles. The molecule has 0 radical (unpaired) electrons. The number of hydrogen-bond donors (Lipinski definition) is 0. The summed E-state index contributed by atoms with van der Waals surface area (Å²) in [4.78, 5) is 2.38. The monoisotopic (exact) mass is 856 g/mol. The van der Waals surface area contributed by atoms with E-state index in [1.54, 1.807) is 0 Å². The van der Waals surface area contributed by atoms with Crippen LogP contribution in [0.3, 0.4) is 0 Å². The van der Waals surface area contributed by atoms with Crippen LogP contribution < -0.4 is 9.64 Å². The van der Waals surface area contributed by atoms with Crippen molar-refractivity contribution in [2.75, 3.05) is 4.90 Å². The Bertz CT molecular complexity index is 3750. The van der Waals surface area contributed by atoms with Crippen LogP contribution in [0.2, 0.25) is 0 Å². The SMILES string of the molecule is c1ccc(-c2ccc(N(c3ccc(-c4ccccc4)cc3)c3ccc4c(c3)C3(c5ccccc5Oc5c3oc3ccccc53)c3cc(-n5c6ccccc6c6ccccc65)ccc3-4)cc2)cc1. The number of rotatable bonds is 6. The minimum atomic E-state index is -0.876. The summed E-state index contributed by atoms with van der Waals surface area (Å²) in [6.07, 6.45) is 0. The molecule has 2 aromatic heterocycles. The van der Waals surface area contributed by atoms with Crippen LogP contribution in [0, 0.1) is 0 Å². The second-order valence-electron chi connectivity index (χ2n) is 17.6. The fourth-order valence-corrected chi connectivity index (χ4v) is 11.1. The van der Waals surface area contributed by atoms with Crippen LogP contribution >= 0.6 is 0 Å². The number of furan rings is 1. The van der Waals surface area contributed by atoms with E-state index in [9.17, 15) is 0 Å². The molecular formula is C63H40N2O2. The van der Waals surface area contributed by atoms with Crippen LogP contribution in [-0.2, 0) is 5.41 Å². The lowest BCUT2D eigenvalue weighted by molar-refractivity contribution is 0.389. The average molecular weight is 857 g/mol. The smallest absolute Gasteiger partial charge is 0.178 e. The summed E-state index contributed by atoms with van der Waals surface area (Å²) < 4.78 is 16.6. The standard InChI is InChI=1S/C63H40N2O2/c1-3-15-41(16-4-1)43-27-31-45(32-28-43)64(46-33-29-44(30-34-46)42-17-5-2-6-18-42)47-35-37-49-50-38-36-48(65-57-23-11-7-19-51(57)52-20-8-12-24-58(52)65)40-56(50)63(55(49)39-47)54-22-10-14-26-60(54)66-61-53-21-9-13-25-59(53)67-62(61)63/h1-40H. The van der Waals surface area contributed by atoms with Crippen molar-refractivity contribution in [1.82, 2.24) is 4.57 Å². The highest BCUT2D eigenvalue weighted by Gasteiger charge is 2.54. The molecule has 2 aliphatic rings. The maximum atomic E-state index is 7.20. The van der Waals surface area contributed by atoms with Gasteiger partial charge in [0.1, 0.15) is 16.7 Å². The minimum absolute atomic E-state index is 0.755. The van der Waals surface area contributed by atoms with Gasteiger partial charge in [0.2, 0.25) is 0 Å². The Morgan fingerprint density at radius 1 is 0.373 bits per heavy atom. The van der Waals surface area contributed by atoms with Crippen LogP contribution in [0.5, 0.6) is 11.5 Å². The second-order valence-corrected chi connectivity index (χ2v) is 17.6. The van der Waals surface area contributed by atoms with Crippen LogP contribution in [0.25, 0.3) is 71.8 Å². The zero-order valence-electron chi connectivity index (χ0n) is 36.3. The molecule has 1 unspecified atom stereocenters. The number of anilines is 3. The molecule has 12 aromatic rings. The molecular weight excluding hydrogens is 817 g/mol. The number of ether oxygens (including phenoxy) is 1. The van der Waals surface area contributed by atoms with E-state index in [1.165, 1.54) is 49.6 Å². The van der Waals surface area contributed by atoms with Crippen molar-refractivity contribution in [3.05, 3.63) is 265 Å². The lowest BCUT2D eigenvalue weighted by atomic mass is 9.68. The number of nitrogens with zero attached hydrogens (tertiary/aromatic N) is 2. The van der Waals surface area contributed by atoms with Gasteiger partial charge in [0.05, 0.1) is 16.4 Å². The van der Waals surface area contributed by atoms with Crippen molar-refractivity contribution in [3.63, 3.8) is 0 Å². The van der Waals surface area contributed by atoms with E-state index in [-0.39, 0.29) is 0 Å². The molecule has 0 fully saturated rings. The summed E-state index contributed by atoms with van der Waals surface area (Å²) in [7, 11) is 0. The first-order chi connectivity index (χ1) is 33.2. The molecule has 1 aliphatic carbocycles. The van der Waals surface area contributed by atoms with E-state index >= 15 is 0 Å². The Labute approximate surface area is 387 Å². The Hall–Kier alpha value is -8.86. The number of hydrogen-bond acceptors (Lipinski definition) is 3. The summed E-state index contributed by atoms with van der Waals surface area (Å²) >= 11 is 0. The molecule has 0 N–H and O–H groups in total. The van der Waals surface area contributed by atoms with Gasteiger partial charge < -0.3 is 18.6 Å². The van der Waals surface area contributed by atoms with Gasteiger partial charge in [-0.1, -0.05) is 164 Å². The highest BCUT2D eigenvalue weighted by molar-refractivity contribution is 6.09. The molecule has 3 heterocycles. The third-order valence-corrected chi connectivity index (χ3v) is 14.1. The Morgan fingerprint density at radius 2 is 0.866 bits per heavy atom. The topological polar surface area (TPSA) is 30.5 Å². The number of benzene rings is 10. The Balaban J connectivity index is 1.03. The molecule has 10 aromatic carbocycles.